The summed E-state index contributed by atoms with van der Waals surface area (Å²) in [6.45, 7) is 1.32. The van der Waals surface area contributed by atoms with E-state index >= 15 is 0 Å². The van der Waals surface area contributed by atoms with Gasteiger partial charge in [-0.2, -0.15) is 0 Å². The van der Waals surface area contributed by atoms with Crippen molar-refractivity contribution in [2.24, 2.45) is 0 Å². The van der Waals surface area contributed by atoms with Gasteiger partial charge in [0, 0.05) is 0 Å². The average Bonchev–Trinajstić information content (AvgIpc) is 2.05. The third-order valence-electron chi connectivity index (χ3n) is 1.60. The third kappa shape index (κ3) is 3.54. The Morgan fingerprint density at radius 1 is 1.47 bits per heavy atom. The van der Waals surface area contributed by atoms with Crippen molar-refractivity contribution in [3.05, 3.63) is 23.2 Å². The maximum atomic E-state index is 11.0. The molecule has 1 aromatic carbocycles. The number of halogens is 1. The molecule has 0 bridgehead atoms. The molecule has 5 nitrogen and oxygen atoms in total. The van der Waals surface area contributed by atoms with E-state index < -0.39 is 19.6 Å². The second-order valence-electron chi connectivity index (χ2n) is 2.89. The number of nitrogens with one attached hydrogen (secondary N) is 1. The van der Waals surface area contributed by atoms with E-state index in [-0.39, 0.29) is 14.4 Å². The van der Waals surface area contributed by atoms with Gasteiger partial charge in [0.05, 0.1) is 0 Å². The van der Waals surface area contributed by atoms with Crippen molar-refractivity contribution in [1.29, 1.82) is 0 Å². The summed E-state index contributed by atoms with van der Waals surface area (Å²) in [6.07, 6.45) is 0. The Morgan fingerprint density at radius 3 is 2.47 bits per heavy atom. The summed E-state index contributed by atoms with van der Waals surface area (Å²) >= 11 is 0.548. The Hall–Kier alpha value is -0.482. The van der Waals surface area contributed by atoms with Gasteiger partial charge < -0.3 is 0 Å². The van der Waals surface area contributed by atoms with Crippen molar-refractivity contribution in [1.82, 2.24) is 0 Å². The van der Waals surface area contributed by atoms with Gasteiger partial charge in [0.25, 0.3) is 0 Å². The van der Waals surface area contributed by atoms with E-state index in [4.69, 9.17) is 18.4 Å². The van der Waals surface area contributed by atoms with Gasteiger partial charge in [0.1, 0.15) is 0 Å². The van der Waals surface area contributed by atoms with Crippen molar-refractivity contribution in [3.63, 3.8) is 0 Å². The molecule has 3 N–H and O–H groups in total. The monoisotopic (exact) mass is 339 g/mol. The predicted octanol–water partition coefficient (Wildman–Crippen LogP) is -0.141. The number of carbonyl (C=O) groups is 1. The first kappa shape index (κ1) is 12.6. The molecule has 0 spiro atoms. The van der Waals surface area contributed by atoms with E-state index in [1.54, 1.807) is 0 Å². The zero-order chi connectivity index (χ0) is 11.6. The molecule has 1 rings (SSSR count). The Morgan fingerprint density at radius 2 is 2.07 bits per heavy atom. The number of benzene rings is 1. The molecule has 15 heavy (non-hydrogen) atoms. The summed E-state index contributed by atoms with van der Waals surface area (Å²) < 4.78 is 28.7. The SMILES string of the molecule is CC(=O)Nc1cc[c]([Sb](=[O])([OH])[OH])cc1Cl. The quantitative estimate of drug-likeness (QED) is 0.654. The Labute approximate surface area is 96.2 Å². The van der Waals surface area contributed by atoms with Crippen LogP contribution >= 0.6 is 11.6 Å². The maximum absolute atomic E-state index is 11.0. The molecule has 0 saturated carbocycles. The minimum absolute atomic E-state index is 0.0902. The number of amides is 1. The Balaban J connectivity index is 3.09. The summed E-state index contributed by atoms with van der Waals surface area (Å²) in [7, 11) is 0. The predicted molar refractivity (Wildman–Crippen MR) is 56.3 cm³/mol. The van der Waals surface area contributed by atoms with Gasteiger partial charge in [-0.3, -0.25) is 0 Å². The summed E-state index contributed by atoms with van der Waals surface area (Å²) in [4.78, 5) is 10.7. The van der Waals surface area contributed by atoms with Crippen LogP contribution in [0.25, 0.3) is 0 Å². The van der Waals surface area contributed by atoms with Crippen molar-refractivity contribution in [3.8, 4) is 0 Å². The van der Waals surface area contributed by atoms with Crippen molar-refractivity contribution < 1.29 is 14.6 Å². The first-order chi connectivity index (χ1) is 6.80. The molecule has 82 valence electrons. The minimum atomic E-state index is -5.19. The molecule has 0 heterocycles. The number of anilines is 1. The van der Waals surface area contributed by atoms with Crippen LogP contribution in [0, 0.1) is 0 Å². The van der Waals surface area contributed by atoms with E-state index in [1.807, 2.05) is 0 Å². The summed E-state index contributed by atoms with van der Waals surface area (Å²) in [5, 5.41) is 2.55. The Bertz CT molecular complexity index is 442. The molecule has 0 saturated heterocycles. The second-order valence-corrected chi connectivity index (χ2v) is 7.88. The van der Waals surface area contributed by atoms with Gasteiger partial charge >= 0.3 is 96.4 Å². The zero-order valence-corrected chi connectivity index (χ0v) is 11.1. The standard InChI is InChI=1S/C8H7ClNO.2H2O.O.Sb/c1-6(11)10-8-5-3-2-4-7(8)9;;;;/h3-5H,1H3,(H,10,11);2*1H2;;/q;;;;+2/p-2. The molecule has 0 radical (unpaired) electrons. The van der Waals surface area contributed by atoms with E-state index in [1.165, 1.54) is 25.1 Å². The van der Waals surface area contributed by atoms with Crippen molar-refractivity contribution in [2.45, 2.75) is 6.92 Å². The summed E-state index contributed by atoms with van der Waals surface area (Å²) in [5.74, 6) is -0.298. The van der Waals surface area contributed by atoms with Crippen LogP contribution in [0.2, 0.25) is 5.02 Å². The van der Waals surface area contributed by atoms with E-state index in [0.717, 1.165) is 0 Å². The number of hydrogen-bond acceptors (Lipinski definition) is 2. The average molecular weight is 340 g/mol. The fourth-order valence-corrected chi connectivity index (χ4v) is 3.05. The van der Waals surface area contributed by atoms with Crippen LogP contribution in [-0.4, -0.2) is 32.3 Å². The van der Waals surface area contributed by atoms with E-state index in [9.17, 15) is 7.81 Å². The molecule has 7 heteroatoms. The van der Waals surface area contributed by atoms with Crippen LogP contribution in [0.15, 0.2) is 18.2 Å². The van der Waals surface area contributed by atoms with Crippen LogP contribution in [0.5, 0.6) is 0 Å². The van der Waals surface area contributed by atoms with Gasteiger partial charge in [-0.1, -0.05) is 0 Å². The normalized spacial score (nSPS) is 11.2. The van der Waals surface area contributed by atoms with Crippen molar-refractivity contribution in [2.75, 3.05) is 5.32 Å². The molecule has 0 atom stereocenters. The second kappa shape index (κ2) is 4.57. The number of carbonyl (C=O) groups excluding carboxylic acids is 1. The molecular formula is C8H9ClNO4Sb. The Kier molecular flexibility index (Phi) is 3.84. The molecule has 0 aromatic heterocycles. The summed E-state index contributed by atoms with van der Waals surface area (Å²) in [6, 6.07) is 3.80. The van der Waals surface area contributed by atoms with Gasteiger partial charge in [0.15, 0.2) is 0 Å². The molecule has 0 aliphatic rings. The van der Waals surface area contributed by atoms with Gasteiger partial charge in [0.2, 0.25) is 0 Å². The molecule has 0 unspecified atom stereocenters. The van der Waals surface area contributed by atoms with Gasteiger partial charge in [-0.05, 0) is 0 Å². The number of hydrogen-bond donors (Lipinski definition) is 3. The van der Waals surface area contributed by atoms with Crippen LogP contribution in [0.3, 0.4) is 0 Å². The first-order valence-electron chi connectivity index (χ1n) is 3.94. The van der Waals surface area contributed by atoms with Crippen LogP contribution in [0.4, 0.5) is 5.69 Å². The van der Waals surface area contributed by atoms with Crippen LogP contribution < -0.4 is 8.83 Å². The molecule has 0 aliphatic carbocycles. The zero-order valence-electron chi connectivity index (χ0n) is 7.77. The first-order valence-corrected chi connectivity index (χ1v) is 8.92. The third-order valence-corrected chi connectivity index (χ3v) is 4.63. The van der Waals surface area contributed by atoms with Gasteiger partial charge in [-0.15, -0.1) is 0 Å². The number of rotatable bonds is 2. The molecular weight excluding hydrogens is 331 g/mol. The summed E-state index contributed by atoms with van der Waals surface area (Å²) in [5.41, 5.74) is 0.335. The van der Waals surface area contributed by atoms with Crippen molar-refractivity contribution >= 4 is 46.3 Å². The van der Waals surface area contributed by atoms with Crippen LogP contribution in [-0.2, 0) is 7.81 Å². The van der Waals surface area contributed by atoms with E-state index in [0.29, 0.717) is 5.69 Å². The fourth-order valence-electron chi connectivity index (χ4n) is 0.976. The molecule has 1 aromatic rings. The molecule has 0 aliphatic heterocycles. The van der Waals surface area contributed by atoms with Gasteiger partial charge in [-0.25, -0.2) is 0 Å². The van der Waals surface area contributed by atoms with E-state index in [2.05, 4.69) is 5.32 Å². The topological polar surface area (TPSA) is 86.6 Å². The fraction of sp³-hybridized carbons (Fsp3) is 0.125. The van der Waals surface area contributed by atoms with Crippen LogP contribution in [0.1, 0.15) is 6.92 Å². The molecule has 0 fully saturated rings. The molecule has 1 amide bonds.